The van der Waals surface area contributed by atoms with Crippen LogP contribution < -0.4 is 5.73 Å². The SMILES string of the molecule is CC(C)c1ccc(-n2ncc(C(=N)N)c2C(F)(F)F)cc1. The highest BCUT2D eigenvalue weighted by atomic mass is 19.4. The first-order valence-corrected chi connectivity index (χ1v) is 6.31. The molecule has 0 saturated carbocycles. The van der Waals surface area contributed by atoms with Crippen LogP contribution >= 0.6 is 0 Å². The van der Waals surface area contributed by atoms with Gasteiger partial charge < -0.3 is 5.73 Å². The van der Waals surface area contributed by atoms with Crippen molar-refractivity contribution in [1.82, 2.24) is 9.78 Å². The van der Waals surface area contributed by atoms with Crippen LogP contribution in [0.5, 0.6) is 0 Å². The average molecular weight is 296 g/mol. The molecule has 3 N–H and O–H groups in total. The molecule has 0 atom stereocenters. The molecule has 0 saturated heterocycles. The van der Waals surface area contributed by atoms with Crippen LogP contribution in [-0.2, 0) is 6.18 Å². The summed E-state index contributed by atoms with van der Waals surface area (Å²) in [6.07, 6.45) is -3.68. The number of benzene rings is 1. The molecule has 1 heterocycles. The summed E-state index contributed by atoms with van der Waals surface area (Å²) in [5, 5.41) is 11.0. The summed E-state index contributed by atoms with van der Waals surface area (Å²) in [4.78, 5) is 0. The first kappa shape index (κ1) is 15.1. The number of nitrogens with two attached hydrogens (primary N) is 1. The van der Waals surface area contributed by atoms with E-state index < -0.39 is 23.3 Å². The van der Waals surface area contributed by atoms with Gasteiger partial charge in [0, 0.05) is 0 Å². The van der Waals surface area contributed by atoms with Gasteiger partial charge in [-0.15, -0.1) is 0 Å². The van der Waals surface area contributed by atoms with Gasteiger partial charge in [-0.1, -0.05) is 26.0 Å². The fourth-order valence-corrected chi connectivity index (χ4v) is 2.01. The maximum absolute atomic E-state index is 13.2. The van der Waals surface area contributed by atoms with E-state index in [4.69, 9.17) is 11.1 Å². The second kappa shape index (κ2) is 5.23. The zero-order valence-electron chi connectivity index (χ0n) is 11.6. The average Bonchev–Trinajstić information content (AvgIpc) is 2.83. The first-order chi connectivity index (χ1) is 9.71. The van der Waals surface area contributed by atoms with E-state index in [1.54, 1.807) is 24.3 Å². The molecular weight excluding hydrogens is 281 g/mol. The van der Waals surface area contributed by atoms with E-state index in [2.05, 4.69) is 5.10 Å². The third kappa shape index (κ3) is 2.91. The lowest BCUT2D eigenvalue weighted by atomic mass is 10.0. The minimum absolute atomic E-state index is 0.277. The van der Waals surface area contributed by atoms with Gasteiger partial charge in [-0.2, -0.15) is 18.3 Å². The molecule has 0 aliphatic rings. The van der Waals surface area contributed by atoms with Crippen molar-refractivity contribution in [2.24, 2.45) is 5.73 Å². The first-order valence-electron chi connectivity index (χ1n) is 6.31. The number of hydrogen-bond acceptors (Lipinski definition) is 2. The number of alkyl halides is 3. The summed E-state index contributed by atoms with van der Waals surface area (Å²) in [5.74, 6) is -0.376. The number of nitrogen functional groups attached to an aromatic ring is 1. The van der Waals surface area contributed by atoms with Gasteiger partial charge in [0.15, 0.2) is 5.69 Å². The summed E-state index contributed by atoms with van der Waals surface area (Å²) in [6.45, 7) is 4.00. The monoisotopic (exact) mass is 296 g/mol. The molecule has 112 valence electrons. The number of nitrogens with zero attached hydrogens (tertiary/aromatic N) is 2. The topological polar surface area (TPSA) is 67.7 Å². The molecule has 1 aromatic heterocycles. The van der Waals surface area contributed by atoms with Crippen LogP contribution in [0.4, 0.5) is 13.2 Å². The molecule has 0 fully saturated rings. The summed E-state index contributed by atoms with van der Waals surface area (Å²) in [6, 6.07) is 6.66. The maximum atomic E-state index is 13.2. The van der Waals surface area contributed by atoms with E-state index in [9.17, 15) is 13.2 Å². The summed E-state index contributed by atoms with van der Waals surface area (Å²) >= 11 is 0. The van der Waals surface area contributed by atoms with Gasteiger partial charge in [-0.25, -0.2) is 4.68 Å². The Morgan fingerprint density at radius 2 is 1.81 bits per heavy atom. The van der Waals surface area contributed by atoms with Crippen molar-refractivity contribution in [1.29, 1.82) is 5.41 Å². The third-order valence-corrected chi connectivity index (χ3v) is 3.13. The second-order valence-electron chi connectivity index (χ2n) is 4.98. The molecule has 1 aromatic carbocycles. The molecule has 21 heavy (non-hydrogen) atoms. The zero-order valence-corrected chi connectivity index (χ0v) is 11.6. The van der Waals surface area contributed by atoms with E-state index in [0.717, 1.165) is 16.4 Å². The van der Waals surface area contributed by atoms with Crippen LogP contribution in [-0.4, -0.2) is 15.6 Å². The largest absolute Gasteiger partial charge is 0.434 e. The Morgan fingerprint density at radius 3 is 2.24 bits per heavy atom. The number of aromatic nitrogens is 2. The number of nitrogens with one attached hydrogen (secondary N) is 1. The molecule has 2 rings (SSSR count). The fourth-order valence-electron chi connectivity index (χ4n) is 2.01. The molecule has 0 spiro atoms. The van der Waals surface area contributed by atoms with Crippen molar-refractivity contribution in [2.75, 3.05) is 0 Å². The van der Waals surface area contributed by atoms with Gasteiger partial charge in [0.1, 0.15) is 5.84 Å². The van der Waals surface area contributed by atoms with Crippen molar-refractivity contribution >= 4 is 5.84 Å². The van der Waals surface area contributed by atoms with Crippen LogP contribution in [0.2, 0.25) is 0 Å². The predicted octanol–water partition coefficient (Wildman–Crippen LogP) is 3.30. The summed E-state index contributed by atoms with van der Waals surface area (Å²) in [5.41, 5.74) is 5.04. The van der Waals surface area contributed by atoms with Crippen LogP contribution in [0.15, 0.2) is 30.5 Å². The molecule has 0 bridgehead atoms. The minimum atomic E-state index is -4.64. The highest BCUT2D eigenvalue weighted by molar-refractivity contribution is 5.96. The van der Waals surface area contributed by atoms with Gasteiger partial charge in [0.2, 0.25) is 0 Å². The number of rotatable bonds is 3. The molecule has 0 aliphatic carbocycles. The Bertz CT molecular complexity index is 654. The lowest BCUT2D eigenvalue weighted by Gasteiger charge is -2.13. The molecule has 4 nitrogen and oxygen atoms in total. The minimum Gasteiger partial charge on any atom is -0.384 e. The van der Waals surface area contributed by atoms with Crippen molar-refractivity contribution in [3.8, 4) is 5.69 Å². The Hall–Kier alpha value is -2.31. The van der Waals surface area contributed by atoms with E-state index >= 15 is 0 Å². The van der Waals surface area contributed by atoms with Gasteiger partial charge in [-0.3, -0.25) is 5.41 Å². The van der Waals surface area contributed by atoms with Crippen LogP contribution in [0.25, 0.3) is 5.69 Å². The van der Waals surface area contributed by atoms with Gasteiger partial charge in [0.05, 0.1) is 17.4 Å². The molecule has 0 radical (unpaired) electrons. The van der Waals surface area contributed by atoms with Crippen molar-refractivity contribution in [3.05, 3.63) is 47.3 Å². The van der Waals surface area contributed by atoms with Gasteiger partial charge in [-0.05, 0) is 23.6 Å². The Labute approximate surface area is 119 Å². The maximum Gasteiger partial charge on any atom is 0.434 e. The molecule has 0 aliphatic heterocycles. The number of amidine groups is 1. The van der Waals surface area contributed by atoms with Crippen molar-refractivity contribution < 1.29 is 13.2 Å². The summed E-state index contributed by atoms with van der Waals surface area (Å²) in [7, 11) is 0. The van der Waals surface area contributed by atoms with Crippen LogP contribution in [0.1, 0.15) is 36.6 Å². The third-order valence-electron chi connectivity index (χ3n) is 3.13. The zero-order chi connectivity index (χ0) is 15.8. The van der Waals surface area contributed by atoms with Crippen molar-refractivity contribution in [2.45, 2.75) is 25.9 Å². The molecule has 2 aromatic rings. The summed E-state index contributed by atoms with van der Waals surface area (Å²) < 4.78 is 40.3. The lowest BCUT2D eigenvalue weighted by Crippen LogP contribution is -2.20. The normalized spacial score (nSPS) is 11.9. The second-order valence-corrected chi connectivity index (χ2v) is 4.98. The number of halogens is 3. The van der Waals surface area contributed by atoms with E-state index in [-0.39, 0.29) is 11.6 Å². The smallest absolute Gasteiger partial charge is 0.384 e. The van der Waals surface area contributed by atoms with E-state index in [1.807, 2.05) is 13.8 Å². The molecular formula is C14H15F3N4. The molecule has 7 heteroatoms. The highest BCUT2D eigenvalue weighted by Gasteiger charge is 2.39. The Kier molecular flexibility index (Phi) is 3.76. The Morgan fingerprint density at radius 1 is 1.24 bits per heavy atom. The Balaban J connectivity index is 2.56. The van der Waals surface area contributed by atoms with E-state index in [0.29, 0.717) is 0 Å². The lowest BCUT2D eigenvalue weighted by molar-refractivity contribution is -0.142. The number of hydrogen-bond donors (Lipinski definition) is 2. The van der Waals surface area contributed by atoms with Crippen molar-refractivity contribution in [3.63, 3.8) is 0 Å². The van der Waals surface area contributed by atoms with Crippen LogP contribution in [0, 0.1) is 5.41 Å². The quantitative estimate of drug-likeness (QED) is 0.674. The van der Waals surface area contributed by atoms with Gasteiger partial charge in [0.25, 0.3) is 0 Å². The highest BCUT2D eigenvalue weighted by Crippen LogP contribution is 2.33. The standard InChI is InChI=1S/C14H15F3N4/c1-8(2)9-3-5-10(6-4-9)21-12(14(15,16)17)11(7-20-21)13(18)19/h3-8H,1-2H3,(H3,18,19). The fraction of sp³-hybridized carbons (Fsp3) is 0.286. The molecule has 0 amide bonds. The molecule has 0 unspecified atom stereocenters. The van der Waals surface area contributed by atoms with E-state index in [1.165, 1.54) is 0 Å². The van der Waals surface area contributed by atoms with Gasteiger partial charge >= 0.3 is 6.18 Å². The van der Waals surface area contributed by atoms with Crippen LogP contribution in [0.3, 0.4) is 0 Å². The predicted molar refractivity (Wildman–Crippen MR) is 73.7 cm³/mol.